The van der Waals surface area contributed by atoms with Gasteiger partial charge in [-0.15, -0.1) is 0 Å². The summed E-state index contributed by atoms with van der Waals surface area (Å²) in [6.45, 7) is 5.73. The summed E-state index contributed by atoms with van der Waals surface area (Å²) >= 11 is 8.73. The summed E-state index contributed by atoms with van der Waals surface area (Å²) in [7, 11) is 0. The Morgan fingerprint density at radius 1 is 0.750 bits per heavy atom. The number of phenols is 1. The molecule has 14 heteroatoms. The fourth-order valence-electron chi connectivity index (χ4n) is 4.15. The standard InChI is InChI=1S/C30H41N5O7S2/c1-29(2,43)23(34-25(38)20(31)14-18-10-12-19(36)13-11-18)27(40)32-16-22(37)33-21(15-17-8-6-5-7-9-17)26(39)35-24(28(41)42)30(3,4)44/h5-13,20-21,23-24,36,43-44H,14-16,31H2,1-4H3,(H,32,40)(H,33,37)(H,34,38)(H,35,39)(H,41,42)/t20-,21+,23-,24-/m0/s1. The van der Waals surface area contributed by atoms with E-state index in [1.165, 1.54) is 26.0 Å². The maximum Gasteiger partial charge on any atom is 0.327 e. The molecule has 0 unspecified atom stereocenters. The molecule has 0 aliphatic heterocycles. The van der Waals surface area contributed by atoms with Crippen LogP contribution >= 0.6 is 25.3 Å². The average Bonchev–Trinajstić information content (AvgIpc) is 2.93. The number of carboxylic acid groups (broad SMARTS) is 1. The summed E-state index contributed by atoms with van der Waals surface area (Å²) in [4.78, 5) is 63.8. The summed E-state index contributed by atoms with van der Waals surface area (Å²) in [6.07, 6.45) is 0.195. The molecule has 0 radical (unpaired) electrons. The molecule has 4 atom stereocenters. The monoisotopic (exact) mass is 647 g/mol. The number of nitrogens with one attached hydrogen (secondary N) is 4. The minimum Gasteiger partial charge on any atom is -0.508 e. The van der Waals surface area contributed by atoms with E-state index in [2.05, 4.69) is 46.5 Å². The number of hydrogen-bond acceptors (Lipinski definition) is 9. The molecule has 8 N–H and O–H groups in total. The normalized spacial score (nSPS) is 14.3. The first-order valence-electron chi connectivity index (χ1n) is 13.8. The van der Waals surface area contributed by atoms with E-state index in [0.29, 0.717) is 11.1 Å². The van der Waals surface area contributed by atoms with E-state index in [0.717, 1.165) is 0 Å². The third-order valence-corrected chi connectivity index (χ3v) is 7.10. The Morgan fingerprint density at radius 3 is 1.80 bits per heavy atom. The van der Waals surface area contributed by atoms with Gasteiger partial charge in [-0.3, -0.25) is 19.2 Å². The zero-order chi connectivity index (χ0) is 33.2. The lowest BCUT2D eigenvalue weighted by molar-refractivity contribution is -0.143. The van der Waals surface area contributed by atoms with Crippen LogP contribution in [-0.2, 0) is 36.8 Å². The predicted molar refractivity (Wildman–Crippen MR) is 172 cm³/mol. The van der Waals surface area contributed by atoms with Crippen LogP contribution in [0, 0.1) is 0 Å². The van der Waals surface area contributed by atoms with Gasteiger partial charge in [0, 0.05) is 15.9 Å². The first kappa shape index (κ1) is 36.4. The van der Waals surface area contributed by atoms with Gasteiger partial charge in [-0.2, -0.15) is 25.3 Å². The SMILES string of the molecule is CC(C)(S)[C@@H](NC(=O)[C@@H](Cc1ccccc1)NC(=O)CNC(=O)[C@H](NC(=O)[C@@H](N)Cc1ccc(O)cc1)C(C)(C)S)C(=O)O. The Kier molecular flexibility index (Phi) is 13.1. The third-order valence-electron chi connectivity index (χ3n) is 6.58. The van der Waals surface area contributed by atoms with Gasteiger partial charge in [0.1, 0.15) is 23.9 Å². The second-order valence-corrected chi connectivity index (χ2v) is 13.8. The van der Waals surface area contributed by atoms with Crippen LogP contribution in [0.3, 0.4) is 0 Å². The maximum atomic E-state index is 13.2. The Bertz CT molecular complexity index is 1310. The molecule has 2 aromatic rings. The van der Waals surface area contributed by atoms with Crippen molar-refractivity contribution in [2.75, 3.05) is 6.54 Å². The minimum absolute atomic E-state index is 0.0486. The fourth-order valence-corrected chi connectivity index (χ4v) is 4.50. The van der Waals surface area contributed by atoms with Crippen LogP contribution in [0.15, 0.2) is 54.6 Å². The molecule has 44 heavy (non-hydrogen) atoms. The number of hydrogen-bond donors (Lipinski definition) is 9. The predicted octanol–water partition coefficient (Wildman–Crippen LogP) is 0.577. The first-order valence-corrected chi connectivity index (χ1v) is 14.7. The summed E-state index contributed by atoms with van der Waals surface area (Å²) in [6, 6.07) is 10.3. The number of rotatable bonds is 15. The quantitative estimate of drug-likeness (QED) is 0.125. The van der Waals surface area contributed by atoms with Crippen molar-refractivity contribution in [3.8, 4) is 5.75 Å². The van der Waals surface area contributed by atoms with E-state index in [4.69, 9.17) is 5.73 Å². The number of nitrogens with two attached hydrogens (primary N) is 1. The van der Waals surface area contributed by atoms with E-state index in [1.807, 2.05) is 0 Å². The van der Waals surface area contributed by atoms with Crippen molar-refractivity contribution >= 4 is 54.9 Å². The largest absolute Gasteiger partial charge is 0.508 e. The van der Waals surface area contributed by atoms with E-state index in [1.54, 1.807) is 56.3 Å². The Balaban J connectivity index is 2.09. The lowest BCUT2D eigenvalue weighted by Crippen LogP contribution is -2.60. The number of carboxylic acids is 1. The lowest BCUT2D eigenvalue weighted by Gasteiger charge is -2.30. The van der Waals surface area contributed by atoms with E-state index in [9.17, 15) is 34.2 Å². The molecule has 0 heterocycles. The van der Waals surface area contributed by atoms with Gasteiger partial charge in [-0.25, -0.2) is 4.79 Å². The molecule has 4 amide bonds. The van der Waals surface area contributed by atoms with Crippen molar-refractivity contribution in [2.24, 2.45) is 5.73 Å². The fraction of sp³-hybridized carbons (Fsp3) is 0.433. The molecule has 12 nitrogen and oxygen atoms in total. The van der Waals surface area contributed by atoms with Crippen LogP contribution in [0.1, 0.15) is 38.8 Å². The van der Waals surface area contributed by atoms with Gasteiger partial charge >= 0.3 is 5.97 Å². The van der Waals surface area contributed by atoms with Gasteiger partial charge in [-0.1, -0.05) is 42.5 Å². The molecule has 0 aliphatic rings. The minimum atomic E-state index is -1.35. The zero-order valence-electron chi connectivity index (χ0n) is 25.0. The summed E-state index contributed by atoms with van der Waals surface area (Å²) in [5.41, 5.74) is 7.46. The molecule has 0 aromatic heterocycles. The number of thiol groups is 2. The molecular weight excluding hydrogens is 606 g/mol. The van der Waals surface area contributed by atoms with Crippen molar-refractivity contribution in [3.05, 3.63) is 65.7 Å². The molecule has 0 fully saturated rings. The molecular formula is C30H41N5O7S2. The summed E-state index contributed by atoms with van der Waals surface area (Å²) < 4.78 is -2.17. The van der Waals surface area contributed by atoms with Crippen molar-refractivity contribution in [1.29, 1.82) is 0 Å². The van der Waals surface area contributed by atoms with Crippen LogP contribution in [-0.4, -0.2) is 80.0 Å². The number of phenolic OH excluding ortho intramolecular Hbond substituents is 1. The first-order chi connectivity index (χ1) is 20.4. The molecule has 0 bridgehead atoms. The van der Waals surface area contributed by atoms with E-state index >= 15 is 0 Å². The molecule has 0 spiro atoms. The van der Waals surface area contributed by atoms with Crippen LogP contribution in [0.25, 0.3) is 0 Å². The smallest absolute Gasteiger partial charge is 0.327 e. The van der Waals surface area contributed by atoms with E-state index in [-0.39, 0.29) is 18.6 Å². The topological polar surface area (TPSA) is 200 Å². The van der Waals surface area contributed by atoms with Crippen molar-refractivity contribution in [1.82, 2.24) is 21.3 Å². The van der Waals surface area contributed by atoms with Crippen LogP contribution in [0.4, 0.5) is 0 Å². The van der Waals surface area contributed by atoms with Gasteiger partial charge in [0.15, 0.2) is 0 Å². The van der Waals surface area contributed by atoms with Crippen molar-refractivity contribution in [2.45, 2.75) is 74.2 Å². The highest BCUT2D eigenvalue weighted by molar-refractivity contribution is 7.82. The van der Waals surface area contributed by atoms with Gasteiger partial charge < -0.3 is 37.2 Å². The highest BCUT2D eigenvalue weighted by Gasteiger charge is 2.37. The zero-order valence-corrected chi connectivity index (χ0v) is 26.8. The summed E-state index contributed by atoms with van der Waals surface area (Å²) in [5.74, 6) is -4.02. The van der Waals surface area contributed by atoms with E-state index < -0.39 is 69.8 Å². The molecule has 0 saturated heterocycles. The molecule has 2 aromatic carbocycles. The van der Waals surface area contributed by atoms with Gasteiger partial charge in [0.05, 0.1) is 12.6 Å². The van der Waals surface area contributed by atoms with Crippen molar-refractivity contribution in [3.63, 3.8) is 0 Å². The molecule has 2 rings (SSSR count). The number of benzene rings is 2. The number of carbonyl (C=O) groups is 5. The second-order valence-electron chi connectivity index (χ2n) is 11.5. The number of aliphatic carboxylic acids is 1. The maximum absolute atomic E-state index is 13.2. The number of aromatic hydroxyl groups is 1. The Hall–Kier alpha value is -3.75. The van der Waals surface area contributed by atoms with Crippen LogP contribution < -0.4 is 27.0 Å². The molecule has 240 valence electrons. The van der Waals surface area contributed by atoms with Crippen molar-refractivity contribution < 1.29 is 34.2 Å². The van der Waals surface area contributed by atoms with Crippen LogP contribution in [0.2, 0.25) is 0 Å². The Morgan fingerprint density at radius 2 is 1.27 bits per heavy atom. The number of amides is 4. The lowest BCUT2D eigenvalue weighted by atomic mass is 10.00. The van der Waals surface area contributed by atoms with Crippen LogP contribution in [0.5, 0.6) is 5.75 Å². The highest BCUT2D eigenvalue weighted by atomic mass is 32.1. The third kappa shape index (κ3) is 11.7. The summed E-state index contributed by atoms with van der Waals surface area (Å²) in [5, 5.41) is 29.1. The average molecular weight is 648 g/mol. The second kappa shape index (κ2) is 15.8. The highest BCUT2D eigenvalue weighted by Crippen LogP contribution is 2.19. The van der Waals surface area contributed by atoms with Gasteiger partial charge in [0.2, 0.25) is 23.6 Å². The molecule has 0 saturated carbocycles. The van der Waals surface area contributed by atoms with Gasteiger partial charge in [0.25, 0.3) is 0 Å². The Labute approximate surface area is 267 Å². The molecule has 0 aliphatic carbocycles. The number of carbonyl (C=O) groups excluding carboxylic acids is 4. The van der Waals surface area contributed by atoms with Gasteiger partial charge in [-0.05, 0) is 57.4 Å².